The van der Waals surface area contributed by atoms with E-state index in [1.54, 1.807) is 6.20 Å². The highest BCUT2D eigenvalue weighted by Gasteiger charge is 2.55. The highest BCUT2D eigenvalue weighted by atomic mass is 16.2. The van der Waals surface area contributed by atoms with Crippen molar-refractivity contribution in [2.75, 3.05) is 26.2 Å². The fraction of sp³-hybridized carbons (Fsp3) is 0.611. The summed E-state index contributed by atoms with van der Waals surface area (Å²) in [5.41, 5.74) is 1.38. The molecule has 24 heavy (non-hydrogen) atoms. The van der Waals surface area contributed by atoms with Gasteiger partial charge in [-0.2, -0.15) is 0 Å². The van der Waals surface area contributed by atoms with Crippen LogP contribution in [-0.4, -0.2) is 63.8 Å². The lowest BCUT2D eigenvalue weighted by atomic mass is 9.76. The largest absolute Gasteiger partial charge is 0.327 e. The van der Waals surface area contributed by atoms with Crippen LogP contribution in [0.3, 0.4) is 0 Å². The van der Waals surface area contributed by atoms with Crippen molar-refractivity contribution < 1.29 is 9.59 Å². The fourth-order valence-corrected chi connectivity index (χ4v) is 4.50. The van der Waals surface area contributed by atoms with E-state index >= 15 is 0 Å². The summed E-state index contributed by atoms with van der Waals surface area (Å²) in [6, 6.07) is 3.80. The summed E-state index contributed by atoms with van der Waals surface area (Å²) < 4.78 is 0. The number of pyridine rings is 1. The van der Waals surface area contributed by atoms with Gasteiger partial charge >= 0.3 is 6.03 Å². The molecular formula is C18H24N4O2. The van der Waals surface area contributed by atoms with Crippen LogP contribution in [0.1, 0.15) is 31.7 Å². The number of likely N-dealkylation sites (N-methyl/N-ethyl adjacent to an activating group) is 1. The van der Waals surface area contributed by atoms with E-state index in [9.17, 15) is 9.59 Å². The molecule has 1 aromatic heterocycles. The average molecular weight is 328 g/mol. The topological polar surface area (TPSA) is 56.8 Å². The lowest BCUT2D eigenvalue weighted by Gasteiger charge is -2.39. The first-order valence-electron chi connectivity index (χ1n) is 8.85. The van der Waals surface area contributed by atoms with Crippen molar-refractivity contribution in [2.45, 2.75) is 38.8 Å². The summed E-state index contributed by atoms with van der Waals surface area (Å²) in [6.07, 6.45) is 6.69. The van der Waals surface area contributed by atoms with Crippen LogP contribution >= 0.6 is 0 Å². The Kier molecular flexibility index (Phi) is 3.79. The summed E-state index contributed by atoms with van der Waals surface area (Å²) in [5, 5.41) is 0. The van der Waals surface area contributed by atoms with Crippen LogP contribution in [0.25, 0.3) is 0 Å². The van der Waals surface area contributed by atoms with Crippen LogP contribution in [-0.2, 0) is 11.3 Å². The predicted octanol–water partition coefficient (Wildman–Crippen LogP) is 1.72. The molecule has 1 aromatic rings. The number of likely N-dealkylation sites (tertiary alicyclic amines) is 1. The Morgan fingerprint density at radius 2 is 2.08 bits per heavy atom. The molecule has 6 heteroatoms. The molecule has 128 valence electrons. The summed E-state index contributed by atoms with van der Waals surface area (Å²) >= 11 is 0. The van der Waals surface area contributed by atoms with Crippen LogP contribution < -0.4 is 0 Å². The van der Waals surface area contributed by atoms with Crippen molar-refractivity contribution in [2.24, 2.45) is 5.41 Å². The number of hydrogen-bond donors (Lipinski definition) is 0. The van der Waals surface area contributed by atoms with Gasteiger partial charge in [-0.15, -0.1) is 0 Å². The third kappa shape index (κ3) is 2.49. The molecule has 1 atom stereocenters. The van der Waals surface area contributed by atoms with Gasteiger partial charge in [0.05, 0.1) is 0 Å². The number of nitrogens with zero attached hydrogens (tertiary/aromatic N) is 4. The Balaban J connectivity index is 1.38. The predicted molar refractivity (Wildman–Crippen MR) is 89.1 cm³/mol. The zero-order valence-corrected chi connectivity index (χ0v) is 14.1. The van der Waals surface area contributed by atoms with E-state index in [4.69, 9.17) is 0 Å². The van der Waals surface area contributed by atoms with Crippen LogP contribution in [0.15, 0.2) is 24.5 Å². The Hall–Kier alpha value is -1.95. The Morgan fingerprint density at radius 3 is 2.71 bits per heavy atom. The van der Waals surface area contributed by atoms with Crippen molar-refractivity contribution in [3.8, 4) is 0 Å². The minimum Gasteiger partial charge on any atom is -0.312 e. The van der Waals surface area contributed by atoms with E-state index in [-0.39, 0.29) is 23.4 Å². The second-order valence-electron chi connectivity index (χ2n) is 7.35. The molecule has 0 bridgehead atoms. The van der Waals surface area contributed by atoms with Crippen LogP contribution in [0.4, 0.5) is 4.79 Å². The first kappa shape index (κ1) is 15.6. The van der Waals surface area contributed by atoms with Crippen molar-refractivity contribution >= 4 is 11.9 Å². The van der Waals surface area contributed by atoms with Gasteiger partial charge in [-0.25, -0.2) is 4.79 Å². The fourth-order valence-electron chi connectivity index (χ4n) is 4.50. The molecular weight excluding hydrogens is 304 g/mol. The Labute approximate surface area is 142 Å². The number of amides is 3. The number of imide groups is 1. The molecule has 0 N–H and O–H groups in total. The molecule has 3 aliphatic heterocycles. The summed E-state index contributed by atoms with van der Waals surface area (Å²) in [7, 11) is 0. The number of fused-ring (bicyclic) bond motifs is 1. The van der Waals surface area contributed by atoms with Gasteiger partial charge in [0, 0.05) is 32.0 Å². The second-order valence-corrected chi connectivity index (χ2v) is 7.35. The van der Waals surface area contributed by atoms with Crippen molar-refractivity contribution in [3.63, 3.8) is 0 Å². The maximum absolute atomic E-state index is 12.4. The van der Waals surface area contributed by atoms with Gasteiger partial charge in [0.15, 0.2) is 0 Å². The highest BCUT2D eigenvalue weighted by Crippen LogP contribution is 2.46. The van der Waals surface area contributed by atoms with Crippen LogP contribution in [0.2, 0.25) is 0 Å². The van der Waals surface area contributed by atoms with Crippen molar-refractivity contribution in [1.29, 1.82) is 0 Å². The molecule has 1 unspecified atom stereocenters. The quantitative estimate of drug-likeness (QED) is 0.793. The molecule has 0 saturated carbocycles. The number of piperidine rings is 1. The number of hydrogen-bond acceptors (Lipinski definition) is 4. The van der Waals surface area contributed by atoms with Gasteiger partial charge in [-0.3, -0.25) is 19.6 Å². The van der Waals surface area contributed by atoms with E-state index < -0.39 is 0 Å². The normalized spacial score (nSPS) is 26.5. The second kappa shape index (κ2) is 5.84. The van der Waals surface area contributed by atoms with Gasteiger partial charge in [-0.05, 0) is 56.3 Å². The summed E-state index contributed by atoms with van der Waals surface area (Å²) in [4.78, 5) is 34.6. The number of carbonyl (C=O) groups is 2. The van der Waals surface area contributed by atoms with Crippen LogP contribution in [0, 0.1) is 5.41 Å². The maximum Gasteiger partial charge on any atom is 0.327 e. The maximum atomic E-state index is 12.4. The van der Waals surface area contributed by atoms with Crippen LogP contribution in [0.5, 0.6) is 0 Å². The number of aromatic nitrogens is 1. The number of carbonyl (C=O) groups excluding carboxylic acids is 2. The molecule has 3 aliphatic rings. The highest BCUT2D eigenvalue weighted by molar-refractivity contribution is 6.04. The number of urea groups is 1. The third-order valence-electron chi connectivity index (χ3n) is 5.90. The van der Waals surface area contributed by atoms with E-state index in [1.165, 1.54) is 10.5 Å². The van der Waals surface area contributed by atoms with E-state index in [0.717, 1.165) is 45.4 Å². The Bertz CT molecular complexity index is 614. The molecule has 3 fully saturated rings. The van der Waals surface area contributed by atoms with E-state index in [0.29, 0.717) is 6.54 Å². The Morgan fingerprint density at radius 1 is 1.29 bits per heavy atom. The minimum atomic E-state index is -0.206. The van der Waals surface area contributed by atoms with E-state index in [1.807, 2.05) is 24.1 Å². The van der Waals surface area contributed by atoms with Gasteiger partial charge in [0.2, 0.25) is 0 Å². The SMILES string of the molecule is CCN1C(=O)C2CC3(CCN(Cc4cccnc4)CC3)CN2C1=O. The summed E-state index contributed by atoms with van der Waals surface area (Å²) in [6.45, 7) is 6.07. The van der Waals surface area contributed by atoms with Gasteiger partial charge in [0.1, 0.15) is 6.04 Å². The van der Waals surface area contributed by atoms with Crippen molar-refractivity contribution in [1.82, 2.24) is 19.7 Å². The molecule has 3 saturated heterocycles. The average Bonchev–Trinajstić information content (AvgIpc) is 3.07. The van der Waals surface area contributed by atoms with Gasteiger partial charge in [0.25, 0.3) is 5.91 Å². The zero-order chi connectivity index (χ0) is 16.7. The molecule has 0 aliphatic carbocycles. The monoisotopic (exact) mass is 328 g/mol. The van der Waals surface area contributed by atoms with E-state index in [2.05, 4.69) is 16.0 Å². The lowest BCUT2D eigenvalue weighted by molar-refractivity contribution is -0.128. The molecule has 3 amide bonds. The molecule has 4 heterocycles. The summed E-state index contributed by atoms with van der Waals surface area (Å²) in [5.74, 6) is 0.0113. The minimum absolute atomic E-state index is 0.0113. The standard InChI is InChI=1S/C18H24N4O2/c1-2-21-16(23)15-10-18(13-22(15)17(21)24)5-8-20(9-6-18)12-14-4-3-7-19-11-14/h3-4,7,11,15H,2,5-6,8-10,12-13H2,1H3. The molecule has 0 aromatic carbocycles. The first-order chi connectivity index (χ1) is 11.6. The first-order valence-corrected chi connectivity index (χ1v) is 8.85. The van der Waals surface area contributed by atoms with Gasteiger partial charge < -0.3 is 4.90 Å². The number of rotatable bonds is 3. The van der Waals surface area contributed by atoms with Gasteiger partial charge in [-0.1, -0.05) is 6.07 Å². The smallest absolute Gasteiger partial charge is 0.312 e. The molecule has 1 spiro atoms. The van der Waals surface area contributed by atoms with Crippen molar-refractivity contribution in [3.05, 3.63) is 30.1 Å². The molecule has 0 radical (unpaired) electrons. The molecule has 6 nitrogen and oxygen atoms in total. The third-order valence-corrected chi connectivity index (χ3v) is 5.90. The zero-order valence-electron chi connectivity index (χ0n) is 14.1. The lowest BCUT2D eigenvalue weighted by Crippen LogP contribution is -2.43. The molecule has 4 rings (SSSR count).